The molecular weight excluding hydrogens is 244 g/mol. The summed E-state index contributed by atoms with van der Waals surface area (Å²) in [5.74, 6) is 0. The van der Waals surface area contributed by atoms with E-state index in [1.807, 2.05) is 6.33 Å². The molecule has 0 radical (unpaired) electrons. The van der Waals surface area contributed by atoms with Crippen molar-refractivity contribution in [3.63, 3.8) is 0 Å². The molecule has 116 valence electrons. The van der Waals surface area contributed by atoms with E-state index in [0.29, 0.717) is 5.41 Å². The van der Waals surface area contributed by atoms with Crippen molar-refractivity contribution in [3.8, 4) is 0 Å². The highest BCUT2D eigenvalue weighted by Gasteiger charge is 2.28. The van der Waals surface area contributed by atoms with Crippen molar-refractivity contribution in [1.29, 1.82) is 0 Å². The van der Waals surface area contributed by atoms with Crippen LogP contribution in [0.25, 0.3) is 0 Å². The van der Waals surface area contributed by atoms with E-state index in [9.17, 15) is 0 Å². The van der Waals surface area contributed by atoms with Gasteiger partial charge in [0, 0.05) is 24.4 Å². The Kier molecular flexibility index (Phi) is 7.94. The Hall–Kier alpha value is -0.790. The van der Waals surface area contributed by atoms with Crippen molar-refractivity contribution in [3.05, 3.63) is 18.2 Å². The average Bonchev–Trinajstić information content (AvgIpc) is 2.87. The number of nitrogens with zero attached hydrogens (tertiary/aromatic N) is 2. The van der Waals surface area contributed by atoms with Crippen LogP contribution in [0.2, 0.25) is 0 Å². The molecule has 0 atom stereocenters. The number of imidazole rings is 1. The van der Waals surface area contributed by atoms with Crippen LogP contribution in [0.5, 0.6) is 0 Å². The third-order valence-electron chi connectivity index (χ3n) is 4.60. The Balaban J connectivity index is 2.60. The highest BCUT2D eigenvalue weighted by Crippen LogP contribution is 2.35. The van der Waals surface area contributed by atoms with Gasteiger partial charge in [-0.1, -0.05) is 72.1 Å². The largest absolute Gasteiger partial charge is 0.337 e. The molecule has 0 fully saturated rings. The van der Waals surface area contributed by atoms with Crippen LogP contribution in [-0.4, -0.2) is 9.55 Å². The molecule has 1 rings (SSSR count). The number of rotatable bonds is 11. The molecule has 0 spiro atoms. The molecule has 0 saturated heterocycles. The summed E-state index contributed by atoms with van der Waals surface area (Å²) < 4.78 is 2.22. The second-order valence-electron chi connectivity index (χ2n) is 6.57. The summed E-state index contributed by atoms with van der Waals surface area (Å²) in [6, 6.07) is 0. The summed E-state index contributed by atoms with van der Waals surface area (Å²) in [5, 5.41) is 0. The predicted octanol–water partition coefficient (Wildman–Crippen LogP) is 5.62. The summed E-state index contributed by atoms with van der Waals surface area (Å²) in [6.45, 7) is 7.01. The maximum atomic E-state index is 4.34. The van der Waals surface area contributed by atoms with E-state index in [1.165, 1.54) is 69.9 Å². The van der Waals surface area contributed by atoms with Gasteiger partial charge in [-0.05, 0) is 12.8 Å². The molecule has 0 bridgehead atoms. The molecule has 0 N–H and O–H groups in total. The minimum absolute atomic E-state index is 0.312. The zero-order chi connectivity index (χ0) is 14.8. The Labute approximate surface area is 126 Å². The van der Waals surface area contributed by atoms with Crippen LogP contribution in [0, 0.1) is 0 Å². The predicted molar refractivity (Wildman–Crippen MR) is 88.1 cm³/mol. The average molecular weight is 278 g/mol. The number of hydrogen-bond acceptors (Lipinski definition) is 1. The number of unbranched alkanes of at least 4 members (excludes halogenated alkanes) is 6. The van der Waals surface area contributed by atoms with Gasteiger partial charge in [-0.3, -0.25) is 0 Å². The number of aromatic nitrogens is 2. The van der Waals surface area contributed by atoms with Gasteiger partial charge in [0.1, 0.15) is 0 Å². The minimum Gasteiger partial charge on any atom is -0.337 e. The molecule has 0 aliphatic rings. The molecular formula is C18H34N2. The molecule has 0 amide bonds. The summed E-state index contributed by atoms with van der Waals surface area (Å²) >= 11 is 0. The van der Waals surface area contributed by atoms with E-state index in [4.69, 9.17) is 0 Å². The summed E-state index contributed by atoms with van der Waals surface area (Å²) in [4.78, 5) is 4.34. The van der Waals surface area contributed by atoms with Gasteiger partial charge in [0.15, 0.2) is 0 Å². The SMILES string of the molecule is CCCCCCC(C)(CCCCCC)c1cncn1C. The van der Waals surface area contributed by atoms with Gasteiger partial charge in [0.05, 0.1) is 6.33 Å². The van der Waals surface area contributed by atoms with Gasteiger partial charge < -0.3 is 4.57 Å². The first-order valence-electron chi connectivity index (χ1n) is 8.61. The van der Waals surface area contributed by atoms with Gasteiger partial charge in [-0.15, -0.1) is 0 Å². The first-order valence-corrected chi connectivity index (χ1v) is 8.61. The van der Waals surface area contributed by atoms with Crippen molar-refractivity contribution in [2.45, 2.75) is 90.4 Å². The van der Waals surface area contributed by atoms with Gasteiger partial charge in [-0.25, -0.2) is 4.98 Å². The van der Waals surface area contributed by atoms with Gasteiger partial charge in [-0.2, -0.15) is 0 Å². The maximum Gasteiger partial charge on any atom is 0.0945 e. The lowest BCUT2D eigenvalue weighted by Gasteiger charge is -2.30. The third-order valence-corrected chi connectivity index (χ3v) is 4.60. The van der Waals surface area contributed by atoms with Crippen molar-refractivity contribution >= 4 is 0 Å². The van der Waals surface area contributed by atoms with Crippen molar-refractivity contribution < 1.29 is 0 Å². The molecule has 20 heavy (non-hydrogen) atoms. The van der Waals surface area contributed by atoms with E-state index in [2.05, 4.69) is 43.6 Å². The fraction of sp³-hybridized carbons (Fsp3) is 0.833. The quantitative estimate of drug-likeness (QED) is 0.480. The van der Waals surface area contributed by atoms with E-state index in [0.717, 1.165) is 0 Å². The normalized spacial score (nSPS) is 12.0. The smallest absolute Gasteiger partial charge is 0.0945 e. The monoisotopic (exact) mass is 278 g/mol. The van der Waals surface area contributed by atoms with Gasteiger partial charge >= 0.3 is 0 Å². The zero-order valence-corrected chi connectivity index (χ0v) is 14.1. The van der Waals surface area contributed by atoms with Crippen molar-refractivity contribution in [1.82, 2.24) is 9.55 Å². The second kappa shape index (κ2) is 9.20. The molecule has 1 aromatic rings. The molecule has 1 heterocycles. The highest BCUT2D eigenvalue weighted by atomic mass is 15.0. The molecule has 2 nitrogen and oxygen atoms in total. The first-order chi connectivity index (χ1) is 9.64. The van der Waals surface area contributed by atoms with E-state index >= 15 is 0 Å². The van der Waals surface area contributed by atoms with Crippen LogP contribution in [0.3, 0.4) is 0 Å². The lowest BCUT2D eigenvalue weighted by Crippen LogP contribution is -2.25. The van der Waals surface area contributed by atoms with Crippen molar-refractivity contribution in [2.24, 2.45) is 7.05 Å². The molecule has 0 aromatic carbocycles. The summed E-state index contributed by atoms with van der Waals surface area (Å²) in [5.41, 5.74) is 1.73. The summed E-state index contributed by atoms with van der Waals surface area (Å²) in [7, 11) is 2.14. The molecule has 0 unspecified atom stereocenters. The van der Waals surface area contributed by atoms with E-state index < -0.39 is 0 Å². The molecule has 2 heteroatoms. The van der Waals surface area contributed by atoms with Crippen LogP contribution >= 0.6 is 0 Å². The number of aryl methyl sites for hydroxylation is 1. The van der Waals surface area contributed by atoms with Crippen LogP contribution in [0.15, 0.2) is 12.5 Å². The molecule has 0 saturated carbocycles. The van der Waals surface area contributed by atoms with Crippen LogP contribution in [-0.2, 0) is 12.5 Å². The van der Waals surface area contributed by atoms with E-state index in [1.54, 1.807) is 0 Å². The Morgan fingerprint density at radius 2 is 1.50 bits per heavy atom. The molecule has 0 aliphatic carbocycles. The highest BCUT2D eigenvalue weighted by molar-refractivity contribution is 5.13. The Bertz CT molecular complexity index is 342. The molecule has 0 aliphatic heterocycles. The van der Waals surface area contributed by atoms with Crippen molar-refractivity contribution in [2.75, 3.05) is 0 Å². The molecule has 1 aromatic heterocycles. The maximum absolute atomic E-state index is 4.34. The van der Waals surface area contributed by atoms with Crippen LogP contribution < -0.4 is 0 Å². The van der Waals surface area contributed by atoms with E-state index in [-0.39, 0.29) is 0 Å². The Morgan fingerprint density at radius 1 is 0.950 bits per heavy atom. The van der Waals surface area contributed by atoms with Gasteiger partial charge in [0.2, 0.25) is 0 Å². The number of hydrogen-bond donors (Lipinski definition) is 0. The Morgan fingerprint density at radius 3 is 1.90 bits per heavy atom. The standard InChI is InChI=1S/C18H34N2/c1-5-7-9-11-13-18(3,14-12-10-8-6-2)17-15-19-16-20(17)4/h15-16H,5-14H2,1-4H3. The third kappa shape index (κ3) is 5.30. The topological polar surface area (TPSA) is 17.8 Å². The van der Waals surface area contributed by atoms with Gasteiger partial charge in [0.25, 0.3) is 0 Å². The first kappa shape index (κ1) is 17.3. The fourth-order valence-electron chi connectivity index (χ4n) is 3.20. The fourth-order valence-corrected chi connectivity index (χ4v) is 3.20. The second-order valence-corrected chi connectivity index (χ2v) is 6.57. The van der Waals surface area contributed by atoms with Crippen LogP contribution in [0.1, 0.15) is 90.7 Å². The summed E-state index contributed by atoms with van der Waals surface area (Å²) in [6.07, 6.45) is 17.5. The zero-order valence-electron chi connectivity index (χ0n) is 14.1. The lowest BCUT2D eigenvalue weighted by molar-refractivity contribution is 0.347. The van der Waals surface area contributed by atoms with Crippen LogP contribution in [0.4, 0.5) is 0 Å². The minimum atomic E-state index is 0.312. The lowest BCUT2D eigenvalue weighted by atomic mass is 9.77.